The van der Waals surface area contributed by atoms with Gasteiger partial charge in [-0.3, -0.25) is 10.1 Å². The van der Waals surface area contributed by atoms with E-state index in [-0.39, 0.29) is 10.6 Å². The molecule has 0 atom stereocenters. The number of hydrogen-bond acceptors (Lipinski definition) is 5. The van der Waals surface area contributed by atoms with Crippen molar-refractivity contribution in [2.24, 2.45) is 0 Å². The topological polar surface area (TPSA) is 70.4 Å². The van der Waals surface area contributed by atoms with Crippen LogP contribution >= 0.6 is 0 Å². The van der Waals surface area contributed by atoms with Gasteiger partial charge in [0, 0.05) is 36.6 Å². The van der Waals surface area contributed by atoms with Crippen LogP contribution in [0.1, 0.15) is 19.8 Å². The van der Waals surface area contributed by atoms with Crippen molar-refractivity contribution in [3.8, 4) is 0 Å². The molecule has 0 heterocycles. The van der Waals surface area contributed by atoms with Crippen LogP contribution in [0.3, 0.4) is 0 Å². The maximum absolute atomic E-state index is 10.9. The number of nitro benzene ring substituents is 1. The Labute approximate surface area is 120 Å². The molecule has 0 fully saturated rings. The van der Waals surface area contributed by atoms with Gasteiger partial charge in [-0.1, -0.05) is 6.92 Å². The molecule has 0 spiro atoms. The summed E-state index contributed by atoms with van der Waals surface area (Å²) < 4.78 is 0. The fourth-order valence-electron chi connectivity index (χ4n) is 1.82. The fraction of sp³-hybridized carbons (Fsp3) is 0.571. The summed E-state index contributed by atoms with van der Waals surface area (Å²) in [5, 5.41) is 17.4. The van der Waals surface area contributed by atoms with Crippen molar-refractivity contribution in [3.05, 3.63) is 28.3 Å². The predicted molar refractivity (Wildman–Crippen MR) is 83.5 cm³/mol. The number of nitro groups is 1. The average molecular weight is 280 g/mol. The number of non-ortho nitro benzene ring substituents is 1. The van der Waals surface area contributed by atoms with Crippen molar-refractivity contribution in [2.45, 2.75) is 19.8 Å². The summed E-state index contributed by atoms with van der Waals surface area (Å²) in [7, 11) is 4.06. The van der Waals surface area contributed by atoms with E-state index in [1.807, 2.05) is 20.2 Å². The highest BCUT2D eigenvalue weighted by atomic mass is 16.6. The number of benzene rings is 1. The monoisotopic (exact) mass is 280 g/mol. The fourth-order valence-corrected chi connectivity index (χ4v) is 1.82. The standard InChI is InChI=1S/C14H24N4O2/c1-4-6-15-12-9-13(11-14(10-12)18(19)20)16-7-5-8-17(2)3/h9-11,15-16H,4-8H2,1-3H3. The van der Waals surface area contributed by atoms with Crippen molar-refractivity contribution in [3.63, 3.8) is 0 Å². The van der Waals surface area contributed by atoms with Crippen LogP contribution in [0, 0.1) is 10.1 Å². The third kappa shape index (κ3) is 5.88. The van der Waals surface area contributed by atoms with Crippen LogP contribution in [-0.2, 0) is 0 Å². The van der Waals surface area contributed by atoms with Gasteiger partial charge < -0.3 is 15.5 Å². The largest absolute Gasteiger partial charge is 0.385 e. The van der Waals surface area contributed by atoms with Crippen molar-refractivity contribution in [1.29, 1.82) is 0 Å². The van der Waals surface area contributed by atoms with Crippen molar-refractivity contribution in [1.82, 2.24) is 4.90 Å². The summed E-state index contributed by atoms with van der Waals surface area (Å²) >= 11 is 0. The van der Waals surface area contributed by atoms with E-state index in [9.17, 15) is 10.1 Å². The summed E-state index contributed by atoms with van der Waals surface area (Å²) in [5.74, 6) is 0. The molecule has 0 saturated heterocycles. The molecule has 2 N–H and O–H groups in total. The molecular formula is C14H24N4O2. The minimum Gasteiger partial charge on any atom is -0.385 e. The Balaban J connectivity index is 2.67. The van der Waals surface area contributed by atoms with Gasteiger partial charge in [-0.2, -0.15) is 0 Å². The third-order valence-corrected chi connectivity index (χ3v) is 2.82. The van der Waals surface area contributed by atoms with Crippen LogP contribution in [0.15, 0.2) is 18.2 Å². The second kappa shape index (κ2) is 8.37. The maximum Gasteiger partial charge on any atom is 0.273 e. The van der Waals surface area contributed by atoms with Crippen LogP contribution in [0.2, 0.25) is 0 Å². The van der Waals surface area contributed by atoms with Gasteiger partial charge in [0.1, 0.15) is 0 Å². The zero-order chi connectivity index (χ0) is 15.0. The molecule has 0 aliphatic heterocycles. The van der Waals surface area contributed by atoms with E-state index < -0.39 is 0 Å². The lowest BCUT2D eigenvalue weighted by Crippen LogP contribution is -2.16. The first-order chi connectivity index (χ1) is 9.52. The van der Waals surface area contributed by atoms with Crippen LogP contribution < -0.4 is 10.6 Å². The number of nitrogens with zero attached hydrogens (tertiary/aromatic N) is 2. The van der Waals surface area contributed by atoms with Gasteiger partial charge in [0.2, 0.25) is 0 Å². The van der Waals surface area contributed by atoms with Crippen LogP contribution in [0.25, 0.3) is 0 Å². The van der Waals surface area contributed by atoms with Gasteiger partial charge in [0.25, 0.3) is 5.69 Å². The SMILES string of the molecule is CCCNc1cc(NCCCN(C)C)cc([N+](=O)[O-])c1. The molecular weight excluding hydrogens is 256 g/mol. The van der Waals surface area contributed by atoms with Gasteiger partial charge in [0.15, 0.2) is 0 Å². The quantitative estimate of drug-likeness (QED) is 0.413. The highest BCUT2D eigenvalue weighted by Crippen LogP contribution is 2.24. The first-order valence-electron chi connectivity index (χ1n) is 6.95. The average Bonchev–Trinajstić information content (AvgIpc) is 2.41. The molecule has 0 amide bonds. The molecule has 20 heavy (non-hydrogen) atoms. The lowest BCUT2D eigenvalue weighted by Gasteiger charge is -2.12. The van der Waals surface area contributed by atoms with E-state index in [4.69, 9.17) is 0 Å². The summed E-state index contributed by atoms with van der Waals surface area (Å²) in [6, 6.07) is 5.06. The Kier molecular flexibility index (Phi) is 6.79. The van der Waals surface area contributed by atoms with Crippen molar-refractivity contribution >= 4 is 17.1 Å². The normalized spacial score (nSPS) is 10.6. The molecule has 0 bridgehead atoms. The molecule has 6 nitrogen and oxygen atoms in total. The molecule has 0 unspecified atom stereocenters. The highest BCUT2D eigenvalue weighted by Gasteiger charge is 2.09. The molecule has 0 radical (unpaired) electrons. The minimum atomic E-state index is -0.359. The van der Waals surface area contributed by atoms with E-state index >= 15 is 0 Å². The number of hydrogen-bond donors (Lipinski definition) is 2. The number of nitrogens with one attached hydrogen (secondary N) is 2. The second-order valence-corrected chi connectivity index (χ2v) is 5.04. The number of rotatable bonds is 9. The molecule has 0 aromatic heterocycles. The van der Waals surface area contributed by atoms with E-state index in [1.165, 1.54) is 0 Å². The minimum absolute atomic E-state index is 0.112. The lowest BCUT2D eigenvalue weighted by molar-refractivity contribution is -0.384. The van der Waals surface area contributed by atoms with E-state index in [1.54, 1.807) is 12.1 Å². The Hall–Kier alpha value is -1.82. The van der Waals surface area contributed by atoms with Gasteiger partial charge >= 0.3 is 0 Å². The predicted octanol–water partition coefficient (Wildman–Crippen LogP) is 2.78. The molecule has 0 saturated carbocycles. The Morgan fingerprint density at radius 3 is 2.25 bits per heavy atom. The summed E-state index contributed by atoms with van der Waals surface area (Å²) in [5.41, 5.74) is 1.69. The van der Waals surface area contributed by atoms with Crippen LogP contribution in [0.5, 0.6) is 0 Å². The first-order valence-corrected chi connectivity index (χ1v) is 6.95. The number of anilines is 2. The second-order valence-electron chi connectivity index (χ2n) is 5.04. The highest BCUT2D eigenvalue weighted by molar-refractivity contribution is 5.63. The lowest BCUT2D eigenvalue weighted by atomic mass is 10.2. The van der Waals surface area contributed by atoms with E-state index in [0.29, 0.717) is 0 Å². The Morgan fingerprint density at radius 1 is 1.15 bits per heavy atom. The molecule has 1 rings (SSSR count). The van der Waals surface area contributed by atoms with E-state index in [0.717, 1.165) is 43.9 Å². The van der Waals surface area contributed by atoms with Gasteiger partial charge in [-0.15, -0.1) is 0 Å². The summed E-state index contributed by atoms with van der Waals surface area (Å²) in [6.07, 6.45) is 1.97. The molecule has 1 aromatic carbocycles. The third-order valence-electron chi connectivity index (χ3n) is 2.82. The molecule has 6 heteroatoms. The van der Waals surface area contributed by atoms with Gasteiger partial charge in [0.05, 0.1) is 4.92 Å². The molecule has 112 valence electrons. The maximum atomic E-state index is 10.9. The summed E-state index contributed by atoms with van der Waals surface area (Å²) in [4.78, 5) is 12.7. The van der Waals surface area contributed by atoms with Gasteiger partial charge in [-0.05, 0) is 39.5 Å². The van der Waals surface area contributed by atoms with Crippen molar-refractivity contribution < 1.29 is 4.92 Å². The van der Waals surface area contributed by atoms with Crippen molar-refractivity contribution in [2.75, 3.05) is 44.4 Å². The van der Waals surface area contributed by atoms with E-state index in [2.05, 4.69) is 22.5 Å². The molecule has 1 aromatic rings. The summed E-state index contributed by atoms with van der Waals surface area (Å²) in [6.45, 7) is 4.65. The Morgan fingerprint density at radius 2 is 1.75 bits per heavy atom. The Bertz CT molecular complexity index is 435. The van der Waals surface area contributed by atoms with Crippen LogP contribution in [-0.4, -0.2) is 43.6 Å². The zero-order valence-electron chi connectivity index (χ0n) is 12.5. The van der Waals surface area contributed by atoms with Crippen LogP contribution in [0.4, 0.5) is 17.1 Å². The molecule has 0 aliphatic carbocycles. The van der Waals surface area contributed by atoms with Gasteiger partial charge in [-0.25, -0.2) is 0 Å². The first kappa shape index (κ1) is 16.2. The molecule has 0 aliphatic rings. The zero-order valence-corrected chi connectivity index (χ0v) is 12.5. The smallest absolute Gasteiger partial charge is 0.273 e.